The van der Waals surface area contributed by atoms with Gasteiger partial charge in [0.25, 0.3) is 0 Å². The number of hydrogen-bond donors (Lipinski definition) is 1. The monoisotopic (exact) mass is 365 g/mol. The fourth-order valence-corrected chi connectivity index (χ4v) is 2.41. The molecule has 0 aromatic carbocycles. The Morgan fingerprint density at radius 2 is 2.12 bits per heavy atom. The van der Waals surface area contributed by atoms with E-state index in [2.05, 4.69) is 9.84 Å². The summed E-state index contributed by atoms with van der Waals surface area (Å²) in [6.45, 7) is 3.27. The molecule has 5 nitrogen and oxygen atoms in total. The lowest BCUT2D eigenvalue weighted by Crippen LogP contribution is -2.34. The Hall–Kier alpha value is -1.83. The van der Waals surface area contributed by atoms with Crippen LogP contribution in [0.2, 0.25) is 0 Å². The lowest BCUT2D eigenvalue weighted by Gasteiger charge is -2.28. The molecule has 0 saturated heterocycles. The minimum Gasteiger partial charge on any atom is -0.464 e. The number of esters is 1. The maximum Gasteiger partial charge on any atom is 0.433 e. The van der Waals surface area contributed by atoms with Crippen LogP contribution in [0.15, 0.2) is 18.2 Å². The topological polar surface area (TPSA) is 68.0 Å². The van der Waals surface area contributed by atoms with E-state index in [1.54, 1.807) is 6.92 Å². The highest BCUT2D eigenvalue weighted by Crippen LogP contribution is 2.35. The molecule has 1 atom stereocenters. The number of carbonyl (C=O) groups is 1. The average molecular weight is 366 g/mol. The number of aromatic nitrogens is 2. The van der Waals surface area contributed by atoms with Crippen molar-refractivity contribution in [3.63, 3.8) is 0 Å². The molecular formula is C15H19ClF3N3O2. The highest BCUT2D eigenvalue weighted by molar-refractivity contribution is 6.17. The van der Waals surface area contributed by atoms with Gasteiger partial charge in [-0.25, -0.2) is 9.48 Å². The number of ether oxygens (including phenoxy) is 1. The van der Waals surface area contributed by atoms with Gasteiger partial charge in [-0.15, -0.1) is 11.6 Å². The quantitative estimate of drug-likeness (QED) is 0.451. The first-order valence-electron chi connectivity index (χ1n) is 7.17. The smallest absolute Gasteiger partial charge is 0.433 e. The second-order valence-electron chi connectivity index (χ2n) is 5.32. The van der Waals surface area contributed by atoms with Gasteiger partial charge in [-0.1, -0.05) is 13.0 Å². The third kappa shape index (κ3) is 4.59. The van der Waals surface area contributed by atoms with Gasteiger partial charge in [0.15, 0.2) is 5.69 Å². The Morgan fingerprint density at radius 3 is 2.58 bits per heavy atom. The highest BCUT2D eigenvalue weighted by atomic mass is 35.5. The number of rotatable bonds is 7. The van der Waals surface area contributed by atoms with Crippen LogP contribution in [0.3, 0.4) is 0 Å². The van der Waals surface area contributed by atoms with E-state index in [1.165, 1.54) is 19.1 Å². The van der Waals surface area contributed by atoms with E-state index in [9.17, 15) is 18.0 Å². The van der Waals surface area contributed by atoms with Crippen molar-refractivity contribution in [2.75, 3.05) is 13.0 Å². The van der Waals surface area contributed by atoms with Gasteiger partial charge >= 0.3 is 12.1 Å². The highest BCUT2D eigenvalue weighted by Gasteiger charge is 2.41. The van der Waals surface area contributed by atoms with Crippen LogP contribution in [-0.4, -0.2) is 34.5 Å². The molecule has 0 bridgehead atoms. The van der Waals surface area contributed by atoms with Crippen molar-refractivity contribution in [3.05, 3.63) is 29.6 Å². The molecule has 1 heterocycles. The summed E-state index contributed by atoms with van der Waals surface area (Å²) < 4.78 is 45.2. The van der Waals surface area contributed by atoms with E-state index in [1.807, 2.05) is 0 Å². The Balaban J connectivity index is 3.51. The summed E-state index contributed by atoms with van der Waals surface area (Å²) in [6.07, 6.45) is -1.27. The van der Waals surface area contributed by atoms with Gasteiger partial charge in [-0.05, 0) is 25.8 Å². The number of hydrogen-bond acceptors (Lipinski definition) is 4. The van der Waals surface area contributed by atoms with Gasteiger partial charge in [0, 0.05) is 17.7 Å². The van der Waals surface area contributed by atoms with Crippen LogP contribution in [0.25, 0.3) is 0 Å². The zero-order valence-electron chi connectivity index (χ0n) is 13.6. The largest absolute Gasteiger partial charge is 0.464 e. The second kappa shape index (κ2) is 7.83. The molecule has 0 unspecified atom stereocenters. The minimum atomic E-state index is -4.71. The molecular weight excluding hydrogens is 347 g/mol. The van der Waals surface area contributed by atoms with Crippen LogP contribution in [0.4, 0.5) is 13.2 Å². The number of nitrogens with one attached hydrogen (secondary N) is 1. The van der Waals surface area contributed by atoms with Crippen LogP contribution in [0.5, 0.6) is 0 Å². The summed E-state index contributed by atoms with van der Waals surface area (Å²) in [5.41, 5.74) is -2.52. The molecule has 0 aliphatic rings. The number of alkyl halides is 4. The number of halogens is 4. The predicted octanol–water partition coefficient (Wildman–Crippen LogP) is 4.02. The predicted molar refractivity (Wildman–Crippen MR) is 84.7 cm³/mol. The molecule has 0 fully saturated rings. The Labute approximate surface area is 142 Å². The third-order valence-electron chi connectivity index (χ3n) is 3.50. The molecule has 9 heteroatoms. The number of nitrogens with zero attached hydrogens (tertiary/aromatic N) is 2. The van der Waals surface area contributed by atoms with Crippen LogP contribution in [-0.2, 0) is 16.5 Å². The van der Waals surface area contributed by atoms with Crippen LogP contribution < -0.4 is 0 Å². The molecule has 0 aliphatic carbocycles. The molecule has 1 aromatic rings. The zero-order valence-corrected chi connectivity index (χ0v) is 14.3. The van der Waals surface area contributed by atoms with E-state index >= 15 is 0 Å². The summed E-state index contributed by atoms with van der Waals surface area (Å²) in [4.78, 5) is 11.6. The first kappa shape index (κ1) is 20.2. The van der Waals surface area contributed by atoms with E-state index in [0.717, 1.165) is 11.8 Å². The Bertz CT molecular complexity index is 640. The molecule has 0 radical (unpaired) electrons. The molecule has 0 aliphatic heterocycles. The first-order valence-corrected chi connectivity index (χ1v) is 7.71. The van der Waals surface area contributed by atoms with E-state index in [4.69, 9.17) is 17.0 Å². The molecule has 0 spiro atoms. The van der Waals surface area contributed by atoms with Gasteiger partial charge in [0.05, 0.1) is 12.6 Å². The summed E-state index contributed by atoms with van der Waals surface area (Å²) in [6, 6.07) is 0.650. The third-order valence-corrected chi connectivity index (χ3v) is 3.69. The van der Waals surface area contributed by atoms with Crippen LogP contribution in [0, 0.1) is 5.41 Å². The first-order chi connectivity index (χ1) is 11.1. The molecule has 1 aromatic heterocycles. The number of allylic oxidation sites excluding steroid dienone is 2. The van der Waals surface area contributed by atoms with Crippen molar-refractivity contribution in [2.24, 2.45) is 0 Å². The van der Waals surface area contributed by atoms with E-state index in [0.29, 0.717) is 12.5 Å². The molecule has 1 N–H and O–H groups in total. The lowest BCUT2D eigenvalue weighted by atomic mass is 9.97. The molecule has 0 amide bonds. The average Bonchev–Trinajstić information content (AvgIpc) is 2.98. The van der Waals surface area contributed by atoms with E-state index < -0.39 is 29.1 Å². The van der Waals surface area contributed by atoms with Crippen molar-refractivity contribution >= 4 is 23.3 Å². The fourth-order valence-electron chi connectivity index (χ4n) is 2.03. The fraction of sp³-hybridized carbons (Fsp3) is 0.533. The standard InChI is InChI=1S/C15H19ClF3N3O2/c1-4-10(20)5-6-14(2,7-8-16)22-12(15(17,18)19)9-11(21-22)13(23)24-3/h5-6,9,20H,4,7-8H2,1-3H3/b6-5-,20-10?/t14-/m1/s1. The lowest BCUT2D eigenvalue weighted by molar-refractivity contribution is -0.145. The van der Waals surface area contributed by atoms with Gasteiger partial charge in [0.2, 0.25) is 0 Å². The summed E-state index contributed by atoms with van der Waals surface area (Å²) in [5, 5.41) is 11.4. The van der Waals surface area contributed by atoms with Gasteiger partial charge < -0.3 is 10.1 Å². The maximum atomic E-state index is 13.4. The van der Waals surface area contributed by atoms with Crippen molar-refractivity contribution in [1.29, 1.82) is 5.41 Å². The number of carbonyl (C=O) groups excluding carboxylic acids is 1. The van der Waals surface area contributed by atoms with Gasteiger partial charge in [-0.3, -0.25) is 0 Å². The summed E-state index contributed by atoms with van der Waals surface area (Å²) >= 11 is 5.75. The maximum absolute atomic E-state index is 13.4. The van der Waals surface area contributed by atoms with Crippen LogP contribution in [0.1, 0.15) is 42.9 Å². The van der Waals surface area contributed by atoms with Gasteiger partial charge in [-0.2, -0.15) is 18.3 Å². The second-order valence-corrected chi connectivity index (χ2v) is 5.70. The number of methoxy groups -OCH3 is 1. The molecule has 24 heavy (non-hydrogen) atoms. The Kier molecular flexibility index (Phi) is 6.59. The van der Waals surface area contributed by atoms with Crippen molar-refractivity contribution in [3.8, 4) is 0 Å². The van der Waals surface area contributed by atoms with Gasteiger partial charge in [0.1, 0.15) is 5.69 Å². The molecule has 134 valence electrons. The SMILES string of the molecule is CCC(=N)/C=C\[C@](C)(CCCl)n1nc(C(=O)OC)cc1C(F)(F)F. The van der Waals surface area contributed by atoms with Crippen molar-refractivity contribution in [1.82, 2.24) is 9.78 Å². The minimum absolute atomic E-state index is 0.0744. The molecule has 1 rings (SSSR count). The summed E-state index contributed by atoms with van der Waals surface area (Å²) in [7, 11) is 1.06. The summed E-state index contributed by atoms with van der Waals surface area (Å²) in [5.74, 6) is -0.886. The normalized spacial score (nSPS) is 14.6. The Morgan fingerprint density at radius 1 is 1.50 bits per heavy atom. The van der Waals surface area contributed by atoms with Crippen LogP contribution >= 0.6 is 11.6 Å². The van der Waals surface area contributed by atoms with E-state index in [-0.39, 0.29) is 18.0 Å². The molecule has 0 saturated carbocycles. The zero-order chi connectivity index (χ0) is 18.5. The van der Waals surface area contributed by atoms with Crippen molar-refractivity contribution in [2.45, 2.75) is 38.4 Å². The van der Waals surface area contributed by atoms with Crippen molar-refractivity contribution < 1.29 is 22.7 Å².